The summed E-state index contributed by atoms with van der Waals surface area (Å²) in [6.07, 6.45) is 7.06. The number of aromatic nitrogens is 4. The van der Waals surface area contributed by atoms with Crippen molar-refractivity contribution in [3.63, 3.8) is 0 Å². The van der Waals surface area contributed by atoms with E-state index in [0.717, 1.165) is 44.5 Å². The molecule has 3 rings (SSSR count). The number of nitrogens with zero attached hydrogens (tertiary/aromatic N) is 3. The van der Waals surface area contributed by atoms with E-state index >= 15 is 0 Å². The molecular weight excluding hydrogens is 290 g/mol. The van der Waals surface area contributed by atoms with E-state index in [9.17, 15) is 0 Å². The predicted molar refractivity (Wildman–Crippen MR) is 89.1 cm³/mol. The van der Waals surface area contributed by atoms with Crippen LogP contribution in [0, 0.1) is 5.92 Å². The highest BCUT2D eigenvalue weighted by molar-refractivity contribution is 5.26. The van der Waals surface area contributed by atoms with Gasteiger partial charge in [0.05, 0.1) is 18.0 Å². The lowest BCUT2D eigenvalue weighted by Crippen LogP contribution is -2.25. The topological polar surface area (TPSA) is 67.8 Å². The number of ether oxygens (including phenoxy) is 1. The second-order valence-electron chi connectivity index (χ2n) is 6.21. The Kier molecular flexibility index (Phi) is 5.13. The van der Waals surface area contributed by atoms with Crippen LogP contribution in [-0.4, -0.2) is 33.1 Å². The van der Waals surface area contributed by atoms with Crippen molar-refractivity contribution in [1.82, 2.24) is 25.3 Å². The molecule has 3 heterocycles. The zero-order valence-electron chi connectivity index (χ0n) is 14.3. The Hall–Kier alpha value is -1.66. The van der Waals surface area contributed by atoms with Crippen molar-refractivity contribution < 1.29 is 4.74 Å². The van der Waals surface area contributed by atoms with Gasteiger partial charge in [-0.05, 0) is 19.3 Å². The van der Waals surface area contributed by atoms with Gasteiger partial charge in [-0.3, -0.25) is 9.78 Å². The van der Waals surface area contributed by atoms with Gasteiger partial charge in [0.1, 0.15) is 0 Å². The van der Waals surface area contributed by atoms with E-state index in [1.807, 2.05) is 24.1 Å². The largest absolute Gasteiger partial charge is 0.373 e. The van der Waals surface area contributed by atoms with Crippen molar-refractivity contribution >= 4 is 0 Å². The van der Waals surface area contributed by atoms with Crippen LogP contribution in [-0.2, 0) is 31.2 Å². The third kappa shape index (κ3) is 3.33. The van der Waals surface area contributed by atoms with Crippen molar-refractivity contribution in [2.75, 3.05) is 13.2 Å². The van der Waals surface area contributed by atoms with Gasteiger partial charge in [0.25, 0.3) is 0 Å². The Morgan fingerprint density at radius 1 is 1.39 bits per heavy atom. The van der Waals surface area contributed by atoms with Crippen molar-refractivity contribution in [3.8, 4) is 0 Å². The first-order valence-corrected chi connectivity index (χ1v) is 8.59. The number of rotatable bonds is 7. The van der Waals surface area contributed by atoms with Crippen LogP contribution in [0.4, 0.5) is 0 Å². The van der Waals surface area contributed by atoms with Crippen LogP contribution >= 0.6 is 0 Å². The van der Waals surface area contributed by atoms with Crippen molar-refractivity contribution in [2.45, 2.75) is 45.8 Å². The van der Waals surface area contributed by atoms with E-state index in [2.05, 4.69) is 34.5 Å². The van der Waals surface area contributed by atoms with E-state index in [4.69, 9.17) is 4.74 Å². The van der Waals surface area contributed by atoms with E-state index in [1.54, 1.807) is 0 Å². The Morgan fingerprint density at radius 3 is 2.96 bits per heavy atom. The number of H-pyrrole nitrogens is 1. The summed E-state index contributed by atoms with van der Waals surface area (Å²) in [4.78, 5) is 0. The van der Waals surface area contributed by atoms with Gasteiger partial charge in [0, 0.05) is 55.7 Å². The van der Waals surface area contributed by atoms with Crippen LogP contribution in [0.15, 0.2) is 12.4 Å². The molecule has 2 atom stereocenters. The first-order valence-electron chi connectivity index (χ1n) is 8.59. The second-order valence-corrected chi connectivity index (χ2v) is 6.21. The van der Waals surface area contributed by atoms with Gasteiger partial charge in [-0.25, -0.2) is 0 Å². The molecule has 6 nitrogen and oxygen atoms in total. The average Bonchev–Trinajstić information content (AvgIpc) is 3.26. The number of aryl methyl sites for hydroxylation is 2. The van der Waals surface area contributed by atoms with Gasteiger partial charge in [0.15, 0.2) is 0 Å². The molecule has 0 amide bonds. The molecule has 0 bridgehead atoms. The van der Waals surface area contributed by atoms with Crippen LogP contribution in [0.25, 0.3) is 0 Å². The van der Waals surface area contributed by atoms with Crippen LogP contribution < -0.4 is 5.32 Å². The van der Waals surface area contributed by atoms with Gasteiger partial charge in [-0.1, -0.05) is 13.8 Å². The van der Waals surface area contributed by atoms with Gasteiger partial charge in [0.2, 0.25) is 0 Å². The van der Waals surface area contributed by atoms with Crippen LogP contribution in [0.1, 0.15) is 48.9 Å². The standard InChI is InChI=1S/C17H27N5O/c1-4-15-14(16(5-2)22(3)21-15)11-18-8-12-6-7-23-17(12)13-9-19-20-10-13/h9-10,12,17-18H,4-8,11H2,1-3H3,(H,19,20)/t12-,17+/m1/s1. The lowest BCUT2D eigenvalue weighted by Gasteiger charge is -2.18. The van der Waals surface area contributed by atoms with Gasteiger partial charge >= 0.3 is 0 Å². The lowest BCUT2D eigenvalue weighted by molar-refractivity contribution is 0.0904. The highest BCUT2D eigenvalue weighted by atomic mass is 16.5. The molecule has 1 aliphatic heterocycles. The van der Waals surface area contributed by atoms with Gasteiger partial charge in [-0.15, -0.1) is 0 Å². The summed E-state index contributed by atoms with van der Waals surface area (Å²) in [7, 11) is 2.04. The van der Waals surface area contributed by atoms with E-state index in [-0.39, 0.29) is 6.10 Å². The molecule has 0 radical (unpaired) electrons. The maximum Gasteiger partial charge on any atom is 0.0896 e. The molecular formula is C17H27N5O. The van der Waals surface area contributed by atoms with E-state index in [1.165, 1.54) is 17.0 Å². The summed E-state index contributed by atoms with van der Waals surface area (Å²) in [5.74, 6) is 0.499. The Bertz CT molecular complexity index is 619. The number of aromatic amines is 1. The van der Waals surface area contributed by atoms with Crippen LogP contribution in [0.3, 0.4) is 0 Å². The first kappa shape index (κ1) is 16.2. The fourth-order valence-electron chi connectivity index (χ4n) is 3.60. The minimum atomic E-state index is 0.159. The number of hydrogen-bond acceptors (Lipinski definition) is 4. The molecule has 126 valence electrons. The second kappa shape index (κ2) is 7.27. The lowest BCUT2D eigenvalue weighted by atomic mass is 9.97. The normalized spacial score (nSPS) is 21.2. The summed E-state index contributed by atoms with van der Waals surface area (Å²) >= 11 is 0. The molecule has 1 saturated heterocycles. The monoisotopic (exact) mass is 317 g/mol. The zero-order chi connectivity index (χ0) is 16.2. The van der Waals surface area contributed by atoms with Crippen molar-refractivity contribution in [1.29, 1.82) is 0 Å². The predicted octanol–water partition coefficient (Wildman–Crippen LogP) is 2.14. The Morgan fingerprint density at radius 2 is 2.26 bits per heavy atom. The van der Waals surface area contributed by atoms with E-state index in [0.29, 0.717) is 5.92 Å². The van der Waals surface area contributed by atoms with Gasteiger partial charge in [-0.2, -0.15) is 10.2 Å². The third-order valence-corrected chi connectivity index (χ3v) is 4.80. The first-order chi connectivity index (χ1) is 11.2. The summed E-state index contributed by atoms with van der Waals surface area (Å²) in [6.45, 7) is 7.03. The quantitative estimate of drug-likeness (QED) is 0.821. The maximum absolute atomic E-state index is 5.89. The molecule has 0 aromatic carbocycles. The number of nitrogens with one attached hydrogen (secondary N) is 2. The molecule has 2 aromatic heterocycles. The fraction of sp³-hybridized carbons (Fsp3) is 0.647. The smallest absolute Gasteiger partial charge is 0.0896 e. The summed E-state index contributed by atoms with van der Waals surface area (Å²) < 4.78 is 7.92. The molecule has 1 aliphatic rings. The molecule has 0 unspecified atom stereocenters. The van der Waals surface area contributed by atoms with Crippen molar-refractivity contribution in [2.24, 2.45) is 13.0 Å². The SMILES string of the molecule is CCc1nn(C)c(CC)c1CNC[C@H]1CCO[C@@H]1c1cn[nH]c1. The minimum absolute atomic E-state index is 0.159. The average molecular weight is 317 g/mol. The molecule has 1 fully saturated rings. The molecule has 0 spiro atoms. The zero-order valence-corrected chi connectivity index (χ0v) is 14.3. The summed E-state index contributed by atoms with van der Waals surface area (Å²) in [5.41, 5.74) is 5.07. The molecule has 2 aromatic rings. The highest BCUT2D eigenvalue weighted by Gasteiger charge is 2.30. The molecule has 2 N–H and O–H groups in total. The molecule has 0 aliphatic carbocycles. The highest BCUT2D eigenvalue weighted by Crippen LogP contribution is 2.33. The third-order valence-electron chi connectivity index (χ3n) is 4.80. The summed E-state index contributed by atoms with van der Waals surface area (Å²) in [6, 6.07) is 0. The molecule has 23 heavy (non-hydrogen) atoms. The fourth-order valence-corrected chi connectivity index (χ4v) is 3.60. The Balaban J connectivity index is 1.61. The van der Waals surface area contributed by atoms with Gasteiger partial charge < -0.3 is 10.1 Å². The Labute approximate surface area is 137 Å². The van der Waals surface area contributed by atoms with E-state index < -0.39 is 0 Å². The number of hydrogen-bond donors (Lipinski definition) is 2. The van der Waals surface area contributed by atoms with Crippen molar-refractivity contribution in [3.05, 3.63) is 34.9 Å². The van der Waals surface area contributed by atoms with Crippen LogP contribution in [0.5, 0.6) is 0 Å². The minimum Gasteiger partial charge on any atom is -0.373 e. The maximum atomic E-state index is 5.89. The summed E-state index contributed by atoms with van der Waals surface area (Å²) in [5, 5.41) is 15.2. The molecule has 0 saturated carbocycles. The molecule has 6 heteroatoms. The van der Waals surface area contributed by atoms with Crippen LogP contribution in [0.2, 0.25) is 0 Å².